The van der Waals surface area contributed by atoms with Crippen LogP contribution in [-0.2, 0) is 10.9 Å². The zero-order valence-electron chi connectivity index (χ0n) is 13.3. The molecular weight excluding hydrogens is 354 g/mol. The first-order chi connectivity index (χ1) is 12.3. The summed E-state index contributed by atoms with van der Waals surface area (Å²) in [5, 5.41) is 4.12. The first kappa shape index (κ1) is 17.6. The Morgan fingerprint density at radius 1 is 1.12 bits per heavy atom. The van der Waals surface area contributed by atoms with Gasteiger partial charge >= 0.3 is 12.1 Å². The van der Waals surface area contributed by atoms with Gasteiger partial charge in [-0.2, -0.15) is 13.2 Å². The molecule has 26 heavy (non-hydrogen) atoms. The molecule has 3 rings (SSSR count). The largest absolute Gasteiger partial charge is 0.465 e. The van der Waals surface area contributed by atoms with Gasteiger partial charge in [-0.05, 0) is 36.4 Å². The summed E-state index contributed by atoms with van der Waals surface area (Å²) in [5.41, 5.74) is -0.329. The molecule has 1 aromatic heterocycles. The van der Waals surface area contributed by atoms with E-state index in [1.54, 1.807) is 0 Å². The van der Waals surface area contributed by atoms with Gasteiger partial charge in [0.15, 0.2) is 5.82 Å². The van der Waals surface area contributed by atoms with Crippen molar-refractivity contribution in [2.75, 3.05) is 7.11 Å². The fourth-order valence-electron chi connectivity index (χ4n) is 2.25. The number of hydrogen-bond acceptors (Lipinski definition) is 4. The standard InChI is InChI=1S/C17H11F4N3O2/c1-26-16(25)13-7-2-10(8-14(13)18)15-22-9-24(23-15)12-5-3-11(4-6-12)17(19,20)21/h2-9H,1H3. The van der Waals surface area contributed by atoms with Crippen LogP contribution >= 0.6 is 0 Å². The lowest BCUT2D eigenvalue weighted by Gasteiger charge is -2.07. The maximum atomic E-state index is 14.0. The molecule has 0 aliphatic rings. The maximum absolute atomic E-state index is 14.0. The summed E-state index contributed by atoms with van der Waals surface area (Å²) in [6.07, 6.45) is -3.13. The molecular formula is C17H11F4N3O2. The molecule has 1 heterocycles. The molecule has 0 amide bonds. The minimum Gasteiger partial charge on any atom is -0.465 e. The van der Waals surface area contributed by atoms with Gasteiger partial charge in [-0.15, -0.1) is 5.10 Å². The molecule has 0 atom stereocenters. The molecule has 134 valence electrons. The zero-order valence-corrected chi connectivity index (χ0v) is 13.3. The second-order valence-corrected chi connectivity index (χ2v) is 5.24. The van der Waals surface area contributed by atoms with Crippen molar-refractivity contribution < 1.29 is 27.1 Å². The normalized spacial score (nSPS) is 11.4. The van der Waals surface area contributed by atoms with Crippen molar-refractivity contribution in [1.82, 2.24) is 14.8 Å². The lowest BCUT2D eigenvalue weighted by Crippen LogP contribution is -2.05. The Bertz CT molecular complexity index is 949. The number of esters is 1. The highest BCUT2D eigenvalue weighted by Gasteiger charge is 2.30. The van der Waals surface area contributed by atoms with Gasteiger partial charge in [-0.25, -0.2) is 18.9 Å². The lowest BCUT2D eigenvalue weighted by molar-refractivity contribution is -0.137. The van der Waals surface area contributed by atoms with E-state index < -0.39 is 23.5 Å². The molecule has 0 spiro atoms. The van der Waals surface area contributed by atoms with E-state index in [1.165, 1.54) is 35.3 Å². The van der Waals surface area contributed by atoms with Crippen LogP contribution in [0.2, 0.25) is 0 Å². The minimum atomic E-state index is -4.43. The van der Waals surface area contributed by atoms with Crippen LogP contribution in [-0.4, -0.2) is 27.8 Å². The molecule has 0 fully saturated rings. The van der Waals surface area contributed by atoms with Gasteiger partial charge in [0, 0.05) is 5.56 Å². The molecule has 0 saturated carbocycles. The van der Waals surface area contributed by atoms with Crippen LogP contribution in [0.15, 0.2) is 48.8 Å². The Labute approximate surface area is 144 Å². The summed E-state index contributed by atoms with van der Waals surface area (Å²) in [7, 11) is 1.14. The molecule has 0 N–H and O–H groups in total. The van der Waals surface area contributed by atoms with Gasteiger partial charge < -0.3 is 4.74 Å². The number of nitrogens with zero attached hydrogens (tertiary/aromatic N) is 3. The van der Waals surface area contributed by atoms with Gasteiger partial charge in [0.05, 0.1) is 23.9 Å². The molecule has 0 unspecified atom stereocenters. The molecule has 0 aliphatic heterocycles. The fourth-order valence-corrected chi connectivity index (χ4v) is 2.25. The van der Waals surface area contributed by atoms with Gasteiger partial charge in [0.2, 0.25) is 0 Å². The first-order valence-corrected chi connectivity index (χ1v) is 7.27. The van der Waals surface area contributed by atoms with E-state index in [4.69, 9.17) is 0 Å². The minimum absolute atomic E-state index is 0.153. The average Bonchev–Trinajstić information content (AvgIpc) is 3.10. The number of alkyl halides is 3. The predicted octanol–water partition coefficient (Wildman–Crippen LogP) is 3.88. The van der Waals surface area contributed by atoms with Crippen LogP contribution < -0.4 is 0 Å². The average molecular weight is 365 g/mol. The highest BCUT2D eigenvalue weighted by Crippen LogP contribution is 2.29. The summed E-state index contributed by atoms with van der Waals surface area (Å²) >= 11 is 0. The van der Waals surface area contributed by atoms with E-state index in [0.29, 0.717) is 11.3 Å². The summed E-state index contributed by atoms with van der Waals surface area (Å²) in [5.74, 6) is -1.45. The second-order valence-electron chi connectivity index (χ2n) is 5.24. The molecule has 5 nitrogen and oxygen atoms in total. The highest BCUT2D eigenvalue weighted by molar-refractivity contribution is 5.90. The van der Waals surface area contributed by atoms with Crippen molar-refractivity contribution in [1.29, 1.82) is 0 Å². The summed E-state index contributed by atoms with van der Waals surface area (Å²) in [6, 6.07) is 8.14. The van der Waals surface area contributed by atoms with Crippen LogP contribution in [0.4, 0.5) is 17.6 Å². The van der Waals surface area contributed by atoms with Gasteiger partial charge in [-0.3, -0.25) is 0 Å². The Kier molecular flexibility index (Phi) is 4.45. The van der Waals surface area contributed by atoms with E-state index in [0.717, 1.165) is 25.3 Å². The summed E-state index contributed by atoms with van der Waals surface area (Å²) in [4.78, 5) is 15.4. The fraction of sp³-hybridized carbons (Fsp3) is 0.118. The Morgan fingerprint density at radius 2 is 1.81 bits per heavy atom. The van der Waals surface area contributed by atoms with Crippen molar-refractivity contribution in [2.45, 2.75) is 6.18 Å². The summed E-state index contributed by atoms with van der Waals surface area (Å²) in [6.45, 7) is 0. The number of methoxy groups -OCH3 is 1. The number of benzene rings is 2. The quantitative estimate of drug-likeness (QED) is 0.522. The van der Waals surface area contributed by atoms with Crippen molar-refractivity contribution in [3.8, 4) is 17.1 Å². The predicted molar refractivity (Wildman–Crippen MR) is 83.1 cm³/mol. The highest BCUT2D eigenvalue weighted by atomic mass is 19.4. The van der Waals surface area contributed by atoms with E-state index in [-0.39, 0.29) is 11.4 Å². The van der Waals surface area contributed by atoms with Crippen LogP contribution in [0.3, 0.4) is 0 Å². The smallest absolute Gasteiger partial charge is 0.416 e. The number of hydrogen-bond donors (Lipinski definition) is 0. The lowest BCUT2D eigenvalue weighted by atomic mass is 10.1. The Balaban J connectivity index is 1.88. The number of halogens is 4. The van der Waals surface area contributed by atoms with Gasteiger partial charge in [-0.1, -0.05) is 6.07 Å². The topological polar surface area (TPSA) is 57.0 Å². The second kappa shape index (κ2) is 6.58. The van der Waals surface area contributed by atoms with Crippen LogP contribution in [0.5, 0.6) is 0 Å². The molecule has 2 aromatic carbocycles. The maximum Gasteiger partial charge on any atom is 0.416 e. The summed E-state index contributed by atoms with van der Waals surface area (Å²) < 4.78 is 57.5. The third kappa shape index (κ3) is 3.41. The number of rotatable bonds is 3. The van der Waals surface area contributed by atoms with Crippen molar-refractivity contribution in [2.24, 2.45) is 0 Å². The third-order valence-electron chi connectivity index (χ3n) is 3.58. The van der Waals surface area contributed by atoms with E-state index in [2.05, 4.69) is 14.8 Å². The van der Waals surface area contributed by atoms with Crippen LogP contribution in [0.25, 0.3) is 17.1 Å². The molecule has 0 aliphatic carbocycles. The zero-order chi connectivity index (χ0) is 18.9. The van der Waals surface area contributed by atoms with Gasteiger partial charge in [0.25, 0.3) is 0 Å². The number of carbonyl (C=O) groups is 1. The third-order valence-corrected chi connectivity index (χ3v) is 3.58. The van der Waals surface area contributed by atoms with Crippen LogP contribution in [0, 0.1) is 5.82 Å². The number of carbonyl (C=O) groups excluding carboxylic acids is 1. The van der Waals surface area contributed by atoms with E-state index >= 15 is 0 Å². The monoisotopic (exact) mass is 365 g/mol. The van der Waals surface area contributed by atoms with Crippen LogP contribution in [0.1, 0.15) is 15.9 Å². The molecule has 0 saturated heterocycles. The molecule has 9 heteroatoms. The first-order valence-electron chi connectivity index (χ1n) is 7.27. The number of aromatic nitrogens is 3. The van der Waals surface area contributed by atoms with Crippen molar-refractivity contribution in [3.05, 3.63) is 65.7 Å². The Morgan fingerprint density at radius 3 is 2.38 bits per heavy atom. The number of ether oxygens (including phenoxy) is 1. The van der Waals surface area contributed by atoms with Crippen molar-refractivity contribution >= 4 is 5.97 Å². The molecule has 0 radical (unpaired) electrons. The van der Waals surface area contributed by atoms with Gasteiger partial charge in [0.1, 0.15) is 12.1 Å². The molecule has 3 aromatic rings. The molecule has 0 bridgehead atoms. The van der Waals surface area contributed by atoms with E-state index in [1.807, 2.05) is 0 Å². The Hall–Kier alpha value is -3.23. The SMILES string of the molecule is COC(=O)c1ccc(-c2ncn(-c3ccc(C(F)(F)F)cc3)n2)cc1F. The van der Waals surface area contributed by atoms with Crippen molar-refractivity contribution in [3.63, 3.8) is 0 Å². The van der Waals surface area contributed by atoms with E-state index in [9.17, 15) is 22.4 Å².